The van der Waals surface area contributed by atoms with Crippen molar-refractivity contribution >= 4 is 11.9 Å². The maximum absolute atomic E-state index is 11.4. The summed E-state index contributed by atoms with van der Waals surface area (Å²) in [6, 6.07) is 6.29. The minimum absolute atomic E-state index is 0.0708. The Labute approximate surface area is 112 Å². The number of carbonyl (C=O) groups excluding carboxylic acids is 2. The second-order valence-electron chi connectivity index (χ2n) is 4.08. The lowest BCUT2D eigenvalue weighted by molar-refractivity contribution is -0.155. The van der Waals surface area contributed by atoms with Gasteiger partial charge in [0.1, 0.15) is 18.8 Å². The molecule has 1 rings (SSSR count). The Bertz CT molecular complexity index is 410. The van der Waals surface area contributed by atoms with E-state index in [4.69, 9.17) is 14.6 Å². The monoisotopic (exact) mass is 266 g/mol. The quantitative estimate of drug-likeness (QED) is 0.465. The molecule has 5 heteroatoms. The first-order valence-electron chi connectivity index (χ1n) is 6.21. The van der Waals surface area contributed by atoms with Gasteiger partial charge in [0.25, 0.3) is 0 Å². The van der Waals surface area contributed by atoms with Crippen LogP contribution in [-0.2, 0) is 25.7 Å². The molecular formula is C14H18O5. The molecule has 0 radical (unpaired) electrons. The summed E-state index contributed by atoms with van der Waals surface area (Å²) in [5.41, 5.74) is 0.741. The third kappa shape index (κ3) is 6.45. The van der Waals surface area contributed by atoms with Crippen molar-refractivity contribution in [2.75, 3.05) is 6.61 Å². The zero-order chi connectivity index (χ0) is 14.1. The largest absolute Gasteiger partial charge is 0.508 e. The summed E-state index contributed by atoms with van der Waals surface area (Å²) < 4.78 is 9.77. The third-order valence-electron chi connectivity index (χ3n) is 2.39. The number of aromatic hydroxyl groups is 1. The molecule has 0 spiro atoms. The number of benzene rings is 1. The van der Waals surface area contributed by atoms with Gasteiger partial charge in [-0.25, -0.2) is 0 Å². The lowest BCUT2D eigenvalue weighted by Crippen LogP contribution is -2.14. The van der Waals surface area contributed by atoms with Crippen LogP contribution in [0.15, 0.2) is 24.3 Å². The summed E-state index contributed by atoms with van der Waals surface area (Å²) in [7, 11) is 0. The Morgan fingerprint density at radius 3 is 2.37 bits per heavy atom. The molecule has 0 amide bonds. The average molecular weight is 266 g/mol. The minimum atomic E-state index is -0.616. The van der Waals surface area contributed by atoms with Gasteiger partial charge in [0.2, 0.25) is 0 Å². The van der Waals surface area contributed by atoms with Gasteiger partial charge >= 0.3 is 11.9 Å². The number of ether oxygens (including phenoxy) is 2. The Hall–Kier alpha value is -2.04. The smallest absolute Gasteiger partial charge is 0.317 e. The van der Waals surface area contributed by atoms with Crippen molar-refractivity contribution in [1.29, 1.82) is 0 Å². The van der Waals surface area contributed by atoms with Gasteiger partial charge in [0.05, 0.1) is 6.61 Å². The first kappa shape index (κ1) is 15.0. The van der Waals surface area contributed by atoms with Crippen molar-refractivity contribution in [3.8, 4) is 5.75 Å². The van der Waals surface area contributed by atoms with Crippen LogP contribution in [0.3, 0.4) is 0 Å². The normalized spacial score (nSPS) is 9.95. The van der Waals surface area contributed by atoms with Crippen molar-refractivity contribution in [2.45, 2.75) is 32.8 Å². The van der Waals surface area contributed by atoms with E-state index in [-0.39, 0.29) is 18.8 Å². The molecule has 19 heavy (non-hydrogen) atoms. The van der Waals surface area contributed by atoms with Crippen LogP contribution >= 0.6 is 0 Å². The molecule has 5 nitrogen and oxygen atoms in total. The molecule has 0 unspecified atom stereocenters. The molecule has 0 fully saturated rings. The lowest BCUT2D eigenvalue weighted by Gasteiger charge is -2.05. The molecule has 0 aliphatic rings. The Balaban J connectivity index is 2.24. The minimum Gasteiger partial charge on any atom is -0.508 e. The van der Waals surface area contributed by atoms with Crippen LogP contribution in [0.2, 0.25) is 0 Å². The van der Waals surface area contributed by atoms with Crippen molar-refractivity contribution < 1.29 is 24.2 Å². The van der Waals surface area contributed by atoms with E-state index in [1.807, 2.05) is 6.92 Å². The van der Waals surface area contributed by atoms with E-state index in [0.717, 1.165) is 18.4 Å². The maximum atomic E-state index is 11.4. The zero-order valence-electron chi connectivity index (χ0n) is 10.9. The highest BCUT2D eigenvalue weighted by atomic mass is 16.6. The summed E-state index contributed by atoms with van der Waals surface area (Å²) in [6.07, 6.45) is 1.34. The van der Waals surface area contributed by atoms with E-state index in [2.05, 4.69) is 0 Å². The zero-order valence-corrected chi connectivity index (χ0v) is 10.9. The standard InChI is InChI=1S/C14H18O5/c1-2-3-8-18-13(16)9-14(17)19-10-11-4-6-12(15)7-5-11/h4-7,15H,2-3,8-10H2,1H3. The van der Waals surface area contributed by atoms with Gasteiger partial charge in [0, 0.05) is 0 Å². The molecule has 0 saturated carbocycles. The van der Waals surface area contributed by atoms with Crippen molar-refractivity contribution in [1.82, 2.24) is 0 Å². The molecule has 104 valence electrons. The van der Waals surface area contributed by atoms with Gasteiger partial charge in [-0.05, 0) is 24.1 Å². The van der Waals surface area contributed by atoms with Crippen LogP contribution in [0.25, 0.3) is 0 Å². The molecule has 0 saturated heterocycles. The van der Waals surface area contributed by atoms with Crippen LogP contribution in [0, 0.1) is 0 Å². The van der Waals surface area contributed by atoms with E-state index in [1.165, 1.54) is 12.1 Å². The van der Waals surface area contributed by atoms with Gasteiger partial charge < -0.3 is 14.6 Å². The topological polar surface area (TPSA) is 72.8 Å². The van der Waals surface area contributed by atoms with Crippen LogP contribution in [0.4, 0.5) is 0 Å². The van der Waals surface area contributed by atoms with Crippen LogP contribution in [-0.4, -0.2) is 23.7 Å². The molecule has 1 N–H and O–H groups in total. The first-order valence-corrected chi connectivity index (χ1v) is 6.21. The van der Waals surface area contributed by atoms with E-state index < -0.39 is 11.9 Å². The molecule has 0 aliphatic carbocycles. The molecule has 1 aromatic carbocycles. The number of hydrogen-bond donors (Lipinski definition) is 1. The number of rotatable bonds is 7. The molecule has 0 atom stereocenters. The lowest BCUT2D eigenvalue weighted by atomic mass is 10.2. The summed E-state index contributed by atoms with van der Waals surface area (Å²) in [4.78, 5) is 22.6. The number of unbranched alkanes of at least 4 members (excludes halogenated alkanes) is 1. The highest BCUT2D eigenvalue weighted by Crippen LogP contribution is 2.10. The van der Waals surface area contributed by atoms with Crippen molar-refractivity contribution in [2.24, 2.45) is 0 Å². The second-order valence-corrected chi connectivity index (χ2v) is 4.08. The molecule has 0 aromatic heterocycles. The summed E-state index contributed by atoms with van der Waals surface area (Å²) in [6.45, 7) is 2.39. The number of carbonyl (C=O) groups is 2. The van der Waals surface area contributed by atoms with Crippen LogP contribution < -0.4 is 0 Å². The highest BCUT2D eigenvalue weighted by Gasteiger charge is 2.11. The van der Waals surface area contributed by atoms with Crippen molar-refractivity contribution in [3.05, 3.63) is 29.8 Å². The fraction of sp³-hybridized carbons (Fsp3) is 0.429. The fourth-order valence-electron chi connectivity index (χ4n) is 1.31. The predicted octanol–water partition coefficient (Wildman–Crippen LogP) is 2.17. The van der Waals surface area contributed by atoms with Crippen LogP contribution in [0.1, 0.15) is 31.7 Å². The Morgan fingerprint density at radius 2 is 1.74 bits per heavy atom. The SMILES string of the molecule is CCCCOC(=O)CC(=O)OCc1ccc(O)cc1. The van der Waals surface area contributed by atoms with Crippen molar-refractivity contribution in [3.63, 3.8) is 0 Å². The molecule has 0 heterocycles. The van der Waals surface area contributed by atoms with Crippen LogP contribution in [0.5, 0.6) is 5.75 Å². The summed E-state index contributed by atoms with van der Waals surface area (Å²) in [5, 5.41) is 9.09. The third-order valence-corrected chi connectivity index (χ3v) is 2.39. The predicted molar refractivity (Wildman–Crippen MR) is 68.4 cm³/mol. The maximum Gasteiger partial charge on any atom is 0.317 e. The van der Waals surface area contributed by atoms with E-state index in [0.29, 0.717) is 6.61 Å². The first-order chi connectivity index (χ1) is 9.11. The van der Waals surface area contributed by atoms with Gasteiger partial charge in [-0.1, -0.05) is 25.5 Å². The average Bonchev–Trinajstić information content (AvgIpc) is 2.38. The second kappa shape index (κ2) is 8.13. The molecular weight excluding hydrogens is 248 g/mol. The fourth-order valence-corrected chi connectivity index (χ4v) is 1.31. The summed E-state index contributed by atoms with van der Waals surface area (Å²) >= 11 is 0. The Morgan fingerprint density at radius 1 is 1.11 bits per heavy atom. The number of hydrogen-bond acceptors (Lipinski definition) is 5. The highest BCUT2D eigenvalue weighted by molar-refractivity contribution is 5.91. The van der Waals surface area contributed by atoms with Gasteiger partial charge in [-0.3, -0.25) is 9.59 Å². The van der Waals surface area contributed by atoms with E-state index >= 15 is 0 Å². The number of phenolic OH excluding ortho intramolecular Hbond substituents is 1. The molecule has 0 aliphatic heterocycles. The molecule has 1 aromatic rings. The van der Waals surface area contributed by atoms with Gasteiger partial charge in [-0.2, -0.15) is 0 Å². The van der Waals surface area contributed by atoms with Gasteiger partial charge in [-0.15, -0.1) is 0 Å². The van der Waals surface area contributed by atoms with E-state index in [9.17, 15) is 9.59 Å². The van der Waals surface area contributed by atoms with E-state index in [1.54, 1.807) is 12.1 Å². The number of phenols is 1. The van der Waals surface area contributed by atoms with Gasteiger partial charge in [0.15, 0.2) is 0 Å². The number of esters is 2. The Kier molecular flexibility index (Phi) is 6.43. The summed E-state index contributed by atoms with van der Waals surface area (Å²) in [5.74, 6) is -1.03. The molecule has 0 bridgehead atoms.